The summed E-state index contributed by atoms with van der Waals surface area (Å²) in [6.45, 7) is 6.30. The maximum absolute atomic E-state index is 4.48. The van der Waals surface area contributed by atoms with Crippen LogP contribution >= 0.6 is 0 Å². The summed E-state index contributed by atoms with van der Waals surface area (Å²) >= 11 is 0. The van der Waals surface area contributed by atoms with Crippen LogP contribution in [0.2, 0.25) is 0 Å². The number of nitrogens with zero attached hydrogens (tertiary/aromatic N) is 6. The van der Waals surface area contributed by atoms with Crippen LogP contribution in [0.15, 0.2) is 261 Å². The Kier molecular flexibility index (Phi) is 14.0. The summed E-state index contributed by atoms with van der Waals surface area (Å²) in [7, 11) is 0. The van der Waals surface area contributed by atoms with Gasteiger partial charge in [0.25, 0.3) is 0 Å². The summed E-state index contributed by atoms with van der Waals surface area (Å²) in [4.78, 5) is 19.9. The van der Waals surface area contributed by atoms with E-state index < -0.39 is 0 Å². The van der Waals surface area contributed by atoms with Gasteiger partial charge in [0, 0.05) is 52.7 Å². The van der Waals surface area contributed by atoms with Crippen LogP contribution < -0.4 is 14.7 Å². The molecule has 68 heavy (non-hydrogen) atoms. The van der Waals surface area contributed by atoms with E-state index in [1.165, 1.54) is 38.2 Å². The van der Waals surface area contributed by atoms with Gasteiger partial charge in [-0.3, -0.25) is 9.80 Å². The number of anilines is 9. The molecule has 0 bridgehead atoms. The van der Waals surface area contributed by atoms with Gasteiger partial charge in [-0.25, -0.2) is 15.0 Å². The van der Waals surface area contributed by atoms with E-state index in [0.717, 1.165) is 51.6 Å². The van der Waals surface area contributed by atoms with Gasteiger partial charge in [0.2, 0.25) is 0 Å². The third-order valence-corrected chi connectivity index (χ3v) is 11.5. The molecule has 3 aromatic heterocycles. The molecule has 0 fully saturated rings. The molecular weight excluding hydrogens is 829 g/mol. The minimum atomic E-state index is 0.857. The lowest BCUT2D eigenvalue weighted by atomic mass is 10.1. The molecule has 0 aliphatic rings. The Morgan fingerprint density at radius 2 is 0.544 bits per heavy atom. The first-order valence-corrected chi connectivity index (χ1v) is 22.8. The maximum Gasteiger partial charge on any atom is 0.138 e. The molecule has 0 spiro atoms. The second-order valence-corrected chi connectivity index (χ2v) is 16.5. The van der Waals surface area contributed by atoms with E-state index in [2.05, 4.69) is 215 Å². The Balaban J connectivity index is 0.000000130. The fourth-order valence-electron chi connectivity index (χ4n) is 7.99. The number of aryl methyl sites for hydroxylation is 3. The molecule has 11 aromatic rings. The molecule has 0 unspecified atom stereocenters. The Morgan fingerprint density at radius 3 is 0.941 bits per heavy atom. The minimum absolute atomic E-state index is 0.857. The second-order valence-electron chi connectivity index (χ2n) is 16.5. The quantitative estimate of drug-likeness (QED) is 0.144. The van der Waals surface area contributed by atoms with Crippen molar-refractivity contribution in [3.63, 3.8) is 0 Å². The van der Waals surface area contributed by atoms with Crippen LogP contribution in [0, 0.1) is 20.8 Å². The number of benzene rings is 8. The first kappa shape index (κ1) is 44.3. The van der Waals surface area contributed by atoms with Crippen molar-refractivity contribution in [1.29, 1.82) is 0 Å². The van der Waals surface area contributed by atoms with Gasteiger partial charge >= 0.3 is 0 Å². The largest absolute Gasteiger partial charge is 0.310 e. The molecule has 0 amide bonds. The van der Waals surface area contributed by atoms with Crippen LogP contribution in [0.25, 0.3) is 21.5 Å². The van der Waals surface area contributed by atoms with E-state index in [4.69, 9.17) is 0 Å². The van der Waals surface area contributed by atoms with Crippen molar-refractivity contribution in [2.45, 2.75) is 20.8 Å². The van der Waals surface area contributed by atoms with Gasteiger partial charge in [-0.1, -0.05) is 150 Å². The van der Waals surface area contributed by atoms with Crippen molar-refractivity contribution >= 4 is 73.1 Å². The Hall–Kier alpha value is -8.87. The van der Waals surface area contributed by atoms with Gasteiger partial charge in [-0.15, -0.1) is 0 Å². The van der Waals surface area contributed by atoms with Gasteiger partial charge in [0.1, 0.15) is 17.5 Å². The molecule has 0 atom stereocenters. The van der Waals surface area contributed by atoms with Gasteiger partial charge in [-0.2, -0.15) is 0 Å². The van der Waals surface area contributed by atoms with E-state index in [0.29, 0.717) is 0 Å². The highest BCUT2D eigenvalue weighted by atomic mass is 15.2. The molecule has 6 heteroatoms. The van der Waals surface area contributed by atoms with Gasteiger partial charge in [0.15, 0.2) is 0 Å². The van der Waals surface area contributed by atoms with Crippen LogP contribution in [0.1, 0.15) is 16.7 Å². The number of hydrogen-bond acceptors (Lipinski definition) is 6. The smallest absolute Gasteiger partial charge is 0.138 e. The predicted molar refractivity (Wildman–Crippen MR) is 286 cm³/mol. The van der Waals surface area contributed by atoms with Crippen LogP contribution in [-0.4, -0.2) is 15.0 Å². The maximum atomic E-state index is 4.48. The normalized spacial score (nSPS) is 10.6. The number of pyridine rings is 3. The van der Waals surface area contributed by atoms with Crippen molar-refractivity contribution in [1.82, 2.24) is 15.0 Å². The molecule has 11 rings (SSSR count). The number of aromatic nitrogens is 3. The summed E-state index contributed by atoms with van der Waals surface area (Å²) in [5, 5.41) is 5.01. The van der Waals surface area contributed by atoms with Crippen molar-refractivity contribution in [3.8, 4) is 0 Å². The molecule has 0 aliphatic carbocycles. The highest BCUT2D eigenvalue weighted by Gasteiger charge is 2.16. The molecule has 3 heterocycles. The zero-order chi connectivity index (χ0) is 46.5. The zero-order valence-electron chi connectivity index (χ0n) is 38.5. The molecule has 0 saturated heterocycles. The average Bonchev–Trinajstić information content (AvgIpc) is 3.40. The van der Waals surface area contributed by atoms with E-state index in [1.54, 1.807) is 12.4 Å². The monoisotopic (exact) mass is 880 g/mol. The first-order chi connectivity index (χ1) is 33.5. The van der Waals surface area contributed by atoms with Gasteiger partial charge in [-0.05, 0) is 152 Å². The molecule has 330 valence electrons. The zero-order valence-corrected chi connectivity index (χ0v) is 38.5. The summed E-state index contributed by atoms with van der Waals surface area (Å²) < 4.78 is 0. The van der Waals surface area contributed by atoms with Crippen LogP contribution in [0.5, 0.6) is 0 Å². The predicted octanol–water partition coefficient (Wildman–Crippen LogP) is 16.9. The summed E-state index contributed by atoms with van der Waals surface area (Å²) in [6, 6.07) is 83.9. The van der Waals surface area contributed by atoms with Crippen molar-refractivity contribution < 1.29 is 0 Å². The first-order valence-electron chi connectivity index (χ1n) is 22.8. The lowest BCUT2D eigenvalue weighted by Crippen LogP contribution is -2.12. The molecule has 0 N–H and O–H groups in total. The van der Waals surface area contributed by atoms with Crippen molar-refractivity contribution in [2.75, 3.05) is 14.7 Å². The van der Waals surface area contributed by atoms with Crippen LogP contribution in [0.3, 0.4) is 0 Å². The highest BCUT2D eigenvalue weighted by molar-refractivity contribution is 5.92. The Morgan fingerprint density at radius 1 is 0.235 bits per heavy atom. The van der Waals surface area contributed by atoms with Crippen LogP contribution in [-0.2, 0) is 0 Å². The third kappa shape index (κ3) is 10.8. The average molecular weight is 881 g/mol. The molecule has 0 radical (unpaired) electrons. The van der Waals surface area contributed by atoms with Crippen molar-refractivity contribution in [2.24, 2.45) is 0 Å². The summed E-state index contributed by atoms with van der Waals surface area (Å²) in [5.41, 5.74) is 10.5. The number of fused-ring (bicyclic) bond motifs is 2. The lowest BCUT2D eigenvalue weighted by Gasteiger charge is -2.26. The molecule has 0 saturated carbocycles. The third-order valence-electron chi connectivity index (χ3n) is 11.5. The molecule has 8 aromatic carbocycles. The fourth-order valence-corrected chi connectivity index (χ4v) is 7.99. The fraction of sp³-hybridized carbons (Fsp3) is 0.0484. The van der Waals surface area contributed by atoms with E-state index in [1.807, 2.05) is 83.9 Å². The van der Waals surface area contributed by atoms with Crippen molar-refractivity contribution in [3.05, 3.63) is 278 Å². The lowest BCUT2D eigenvalue weighted by molar-refractivity contribution is 1.12. The molecular formula is C62H52N6. The minimum Gasteiger partial charge on any atom is -0.310 e. The standard InChI is InChI=1S/C27H21N.C18H16N2.C17H15N3/c1-20-10-14-25(15-11-20)28(26-16-12-21-6-2-4-8-23(21)18-26)27-17-13-22-7-3-5-9-24(22)19-27;1-15-10-12-17(13-11-15)20(16-7-3-2-4-8-16)18-9-5-6-14-19-18;1-14-8-10-15(11-9-14)20(16-6-2-4-12-18-16)17-7-3-5-13-19-17/h2-19H,1H3;2-14H,1H3;2-13H,1H3. The molecule has 0 aliphatic heterocycles. The SMILES string of the molecule is Cc1ccc(N(c2ccc3ccccc3c2)c2ccc3ccccc3c2)cc1.Cc1ccc(N(c2ccccc2)c2ccccn2)cc1.Cc1ccc(N(c2ccccn2)c2ccccn2)cc1. The molecule has 6 nitrogen and oxygen atoms in total. The highest BCUT2D eigenvalue weighted by Crippen LogP contribution is 2.38. The summed E-state index contributed by atoms with van der Waals surface area (Å²) in [6.07, 6.45) is 5.40. The second kappa shape index (κ2) is 21.4. The summed E-state index contributed by atoms with van der Waals surface area (Å²) in [5.74, 6) is 2.63. The Bertz CT molecular complexity index is 3010. The van der Waals surface area contributed by atoms with E-state index in [9.17, 15) is 0 Å². The number of rotatable bonds is 9. The number of hydrogen-bond donors (Lipinski definition) is 0. The Labute approximate surface area is 399 Å². The van der Waals surface area contributed by atoms with Gasteiger partial charge in [0.05, 0.1) is 0 Å². The topological polar surface area (TPSA) is 48.4 Å². The van der Waals surface area contributed by atoms with E-state index in [-0.39, 0.29) is 0 Å². The van der Waals surface area contributed by atoms with E-state index >= 15 is 0 Å². The number of para-hydroxylation sites is 1. The van der Waals surface area contributed by atoms with Crippen LogP contribution in [0.4, 0.5) is 51.6 Å². The van der Waals surface area contributed by atoms with Gasteiger partial charge < -0.3 is 4.90 Å².